The first kappa shape index (κ1) is 42.6. The summed E-state index contributed by atoms with van der Waals surface area (Å²) < 4.78 is 0. The monoisotopic (exact) mass is 202 g/mol. The molecule has 40 valence electrons. The Hall–Kier alpha value is 2.31. The zero-order valence-electron chi connectivity index (χ0n) is 4.83. The number of halogens is 1. The van der Waals surface area contributed by atoms with Crippen LogP contribution in [-0.4, -0.2) is 66.7 Å². The molecule has 9 heavy (non-hydrogen) atoms. The summed E-state index contributed by atoms with van der Waals surface area (Å²) in [5.74, 6) is 0. The molecule has 0 radical (unpaired) electrons. The summed E-state index contributed by atoms with van der Waals surface area (Å²) in [6.07, 6.45) is -2.33. The van der Waals surface area contributed by atoms with E-state index in [1.54, 1.807) is 0 Å². The number of carbonyl (C=O) groups excluding carboxylic acids is 1. The van der Waals surface area contributed by atoms with Crippen LogP contribution in [0, 0.1) is 0 Å². The molecule has 0 saturated heterocycles. The first-order chi connectivity index (χ1) is 1.73. The molecule has 0 aliphatic carbocycles. The zero-order valence-corrected chi connectivity index (χ0v) is 11.0. The van der Waals surface area contributed by atoms with E-state index < -0.39 is 6.16 Å². The molecule has 4 nitrogen and oxygen atoms in total. The number of carbonyl (C=O) groups is 1. The minimum atomic E-state index is -2.33. The second kappa shape index (κ2) is 31.7. The molecule has 0 atom stereocenters. The molecule has 0 aromatic carbocycles. The third-order valence-electron chi connectivity index (χ3n) is 0. The fourth-order valence-electron chi connectivity index (χ4n) is 0. The van der Waals surface area contributed by atoms with E-state index in [2.05, 4.69) is 0 Å². The summed E-state index contributed by atoms with van der Waals surface area (Å²) in [5.41, 5.74) is 0. The first-order valence-corrected chi connectivity index (χ1v) is 0.612. The molecule has 1 N–H and O–H groups in total. The van der Waals surface area contributed by atoms with Gasteiger partial charge in [0, 0.05) is 0 Å². The van der Waals surface area contributed by atoms with Crippen molar-refractivity contribution in [1.82, 2.24) is 0 Å². The second-order valence-corrected chi connectivity index (χ2v) is 0.250. The maximum atomic E-state index is 8.33. The van der Waals surface area contributed by atoms with Gasteiger partial charge in [-0.1, -0.05) is 0 Å². The SMILES string of the molecule is O=C([O-])[O-].[Al+3].[Ca+2].[Cl-].[Na+].[OH-]. The Morgan fingerprint density at radius 2 is 1.22 bits per heavy atom. The van der Waals surface area contributed by atoms with E-state index in [0.717, 1.165) is 0 Å². The van der Waals surface area contributed by atoms with Crippen LogP contribution in [0.4, 0.5) is 4.79 Å². The fourth-order valence-corrected chi connectivity index (χ4v) is 0. The Morgan fingerprint density at radius 1 is 1.22 bits per heavy atom. The standard InChI is InChI=1S/CH2O3.Al.Ca.ClH.Na.H2O/c2-1(3)4;;;;;/h(H2,2,3,4);;;1H;;1H2/q;+3;+2;;+1;/p-4. The molecule has 0 fully saturated rings. The van der Waals surface area contributed by atoms with Crippen LogP contribution < -0.4 is 52.2 Å². The van der Waals surface area contributed by atoms with Crippen molar-refractivity contribution in [3.63, 3.8) is 0 Å². The van der Waals surface area contributed by atoms with E-state index >= 15 is 0 Å². The molecule has 0 amide bonds. The molecular formula is CHAlCaClNaO4+2. The quantitative estimate of drug-likeness (QED) is 0.365. The molecule has 0 aromatic heterocycles. The topological polar surface area (TPSA) is 93.2 Å². The Balaban J connectivity index is -0.00000000450. The maximum Gasteiger partial charge on any atom is 3.00 e. The molecule has 0 rings (SSSR count). The van der Waals surface area contributed by atoms with Gasteiger partial charge in [-0.3, -0.25) is 0 Å². The van der Waals surface area contributed by atoms with Crippen LogP contribution in [0.1, 0.15) is 0 Å². The van der Waals surface area contributed by atoms with Gasteiger partial charge in [0.2, 0.25) is 0 Å². The maximum absolute atomic E-state index is 8.33. The molecule has 0 heterocycles. The summed E-state index contributed by atoms with van der Waals surface area (Å²) in [6.45, 7) is 0. The number of hydrogen-bond donors (Lipinski definition) is 0. The Morgan fingerprint density at radius 3 is 1.22 bits per heavy atom. The number of carboxylic acid groups (broad SMARTS) is 2. The molecule has 0 aromatic rings. The van der Waals surface area contributed by atoms with Crippen LogP contribution >= 0.6 is 0 Å². The molecule has 0 spiro atoms. The third-order valence-corrected chi connectivity index (χ3v) is 0. The van der Waals surface area contributed by atoms with Gasteiger partial charge < -0.3 is 32.9 Å². The first-order valence-electron chi connectivity index (χ1n) is 0.612. The van der Waals surface area contributed by atoms with Crippen LogP contribution in [-0.2, 0) is 0 Å². The molecule has 8 heteroatoms. The van der Waals surface area contributed by atoms with Gasteiger partial charge in [0.05, 0.1) is 0 Å². The molecule has 0 bridgehead atoms. The third kappa shape index (κ3) is 133. The van der Waals surface area contributed by atoms with Gasteiger partial charge in [0.15, 0.2) is 0 Å². The van der Waals surface area contributed by atoms with Crippen molar-refractivity contribution in [2.75, 3.05) is 0 Å². The minimum absolute atomic E-state index is 0. The smallest absolute Gasteiger partial charge is 1.00 e. The number of rotatable bonds is 0. The predicted octanol–water partition coefficient (Wildman–Crippen LogP) is -9.38. The average Bonchev–Trinajstić information content (AvgIpc) is 0.811. The average molecular weight is 203 g/mol. The summed E-state index contributed by atoms with van der Waals surface area (Å²) in [7, 11) is 0. The largest absolute Gasteiger partial charge is 3.00 e. The second-order valence-electron chi connectivity index (χ2n) is 0.250. The van der Waals surface area contributed by atoms with Gasteiger partial charge in [-0.15, -0.1) is 0 Å². The van der Waals surface area contributed by atoms with Gasteiger partial charge >= 0.3 is 84.7 Å². The Kier molecular flexibility index (Phi) is 150. The van der Waals surface area contributed by atoms with Crippen molar-refractivity contribution in [2.24, 2.45) is 0 Å². The minimum Gasteiger partial charge on any atom is -1.00 e. The zero-order chi connectivity index (χ0) is 3.58. The predicted molar refractivity (Wildman–Crippen MR) is 18.8 cm³/mol. The van der Waals surface area contributed by atoms with E-state index in [-0.39, 0.29) is 103 Å². The number of hydrogen-bond acceptors (Lipinski definition) is 4. The van der Waals surface area contributed by atoms with Crippen LogP contribution in [0.5, 0.6) is 0 Å². The van der Waals surface area contributed by atoms with E-state index in [1.165, 1.54) is 0 Å². The van der Waals surface area contributed by atoms with Gasteiger partial charge in [-0.2, -0.15) is 0 Å². The van der Waals surface area contributed by atoms with Gasteiger partial charge in [0.1, 0.15) is 0 Å². The Labute approximate surface area is 122 Å². The Bertz CT molecular complexity index is 43.5. The summed E-state index contributed by atoms with van der Waals surface area (Å²) in [4.78, 5) is 8.33. The van der Waals surface area contributed by atoms with Crippen molar-refractivity contribution < 1.29 is 62.4 Å². The van der Waals surface area contributed by atoms with Gasteiger partial charge in [-0.25, -0.2) is 0 Å². The molecular weight excluding hydrogens is 202 g/mol. The van der Waals surface area contributed by atoms with E-state index in [4.69, 9.17) is 15.0 Å². The molecule has 0 aliphatic rings. The fraction of sp³-hybridized carbons (Fsp3) is 0. The van der Waals surface area contributed by atoms with Gasteiger partial charge in [-0.05, 0) is 6.16 Å². The van der Waals surface area contributed by atoms with E-state index in [0.29, 0.717) is 0 Å². The van der Waals surface area contributed by atoms with Crippen molar-refractivity contribution >= 4 is 61.3 Å². The van der Waals surface area contributed by atoms with E-state index in [9.17, 15) is 0 Å². The van der Waals surface area contributed by atoms with Crippen LogP contribution in [0.25, 0.3) is 0 Å². The van der Waals surface area contributed by atoms with Crippen LogP contribution in [0.3, 0.4) is 0 Å². The van der Waals surface area contributed by atoms with E-state index in [1.807, 2.05) is 0 Å². The van der Waals surface area contributed by atoms with Crippen LogP contribution in [0.2, 0.25) is 0 Å². The summed E-state index contributed by atoms with van der Waals surface area (Å²) >= 11 is 0. The van der Waals surface area contributed by atoms with Crippen LogP contribution in [0.15, 0.2) is 0 Å². The molecule has 0 aliphatic heterocycles. The summed E-state index contributed by atoms with van der Waals surface area (Å²) in [5, 5.41) is 16.7. The van der Waals surface area contributed by atoms with Crippen molar-refractivity contribution in [3.05, 3.63) is 0 Å². The van der Waals surface area contributed by atoms with Crippen molar-refractivity contribution in [2.45, 2.75) is 0 Å². The van der Waals surface area contributed by atoms with Gasteiger partial charge in [0.25, 0.3) is 0 Å². The molecule has 0 unspecified atom stereocenters. The summed E-state index contributed by atoms with van der Waals surface area (Å²) in [6, 6.07) is 0. The van der Waals surface area contributed by atoms with Crippen molar-refractivity contribution in [1.29, 1.82) is 0 Å². The molecule has 0 saturated carbocycles. The van der Waals surface area contributed by atoms with Crippen molar-refractivity contribution in [3.8, 4) is 0 Å². The normalized spacial score (nSPS) is 2.67.